The minimum Gasteiger partial charge on any atom is -0.312 e. The molecule has 3 fully saturated rings. The fourth-order valence-electron chi connectivity index (χ4n) is 3.43. The number of piperidine rings is 1. The molecule has 2 unspecified atom stereocenters. The van der Waals surface area contributed by atoms with Gasteiger partial charge in [-0.1, -0.05) is 6.92 Å². The van der Waals surface area contributed by atoms with Crippen molar-refractivity contribution in [3.63, 3.8) is 0 Å². The van der Waals surface area contributed by atoms with Crippen molar-refractivity contribution in [1.82, 2.24) is 10.2 Å². The lowest BCUT2D eigenvalue weighted by atomic mass is 9.94. The van der Waals surface area contributed by atoms with E-state index < -0.39 is 0 Å². The quantitative estimate of drug-likeness (QED) is 0.730. The minimum atomic E-state index is 0.819. The molecule has 0 aromatic heterocycles. The zero-order valence-electron chi connectivity index (χ0n) is 9.61. The van der Waals surface area contributed by atoms with Crippen LogP contribution in [-0.4, -0.2) is 47.6 Å². The summed E-state index contributed by atoms with van der Waals surface area (Å²) in [5.74, 6) is 2.33. The van der Waals surface area contributed by atoms with Crippen LogP contribution in [0.3, 0.4) is 0 Å². The maximum absolute atomic E-state index is 3.70. The summed E-state index contributed by atoms with van der Waals surface area (Å²) in [5.41, 5.74) is 0. The van der Waals surface area contributed by atoms with Gasteiger partial charge >= 0.3 is 0 Å². The first-order chi connectivity index (χ1) is 7.33. The van der Waals surface area contributed by atoms with Crippen molar-refractivity contribution in [2.24, 2.45) is 5.92 Å². The van der Waals surface area contributed by atoms with E-state index in [4.69, 9.17) is 0 Å². The van der Waals surface area contributed by atoms with E-state index >= 15 is 0 Å². The van der Waals surface area contributed by atoms with Crippen LogP contribution in [0.25, 0.3) is 0 Å². The highest BCUT2D eigenvalue weighted by Gasteiger charge is 2.38. The molecule has 0 radical (unpaired) electrons. The van der Waals surface area contributed by atoms with Crippen molar-refractivity contribution >= 4 is 11.8 Å². The highest BCUT2D eigenvalue weighted by atomic mass is 32.2. The molecule has 86 valence electrons. The Morgan fingerprint density at radius 1 is 1.33 bits per heavy atom. The van der Waals surface area contributed by atoms with E-state index in [0.717, 1.165) is 23.3 Å². The fraction of sp³-hybridized carbons (Fsp3) is 1.00. The van der Waals surface area contributed by atoms with Gasteiger partial charge in [0.05, 0.1) is 0 Å². The summed E-state index contributed by atoms with van der Waals surface area (Å²) >= 11 is 2.16. The Labute approximate surface area is 97.2 Å². The van der Waals surface area contributed by atoms with Gasteiger partial charge in [0.25, 0.3) is 0 Å². The zero-order chi connectivity index (χ0) is 10.3. The van der Waals surface area contributed by atoms with Crippen LogP contribution in [0.1, 0.15) is 26.2 Å². The summed E-state index contributed by atoms with van der Waals surface area (Å²) in [7, 11) is 0. The topological polar surface area (TPSA) is 15.3 Å². The molecule has 2 nitrogen and oxygen atoms in total. The van der Waals surface area contributed by atoms with Gasteiger partial charge in [0.15, 0.2) is 0 Å². The molecule has 0 aliphatic carbocycles. The van der Waals surface area contributed by atoms with E-state index in [1.54, 1.807) is 0 Å². The number of hydrogen-bond donors (Lipinski definition) is 1. The molecule has 3 heterocycles. The zero-order valence-corrected chi connectivity index (χ0v) is 10.4. The van der Waals surface area contributed by atoms with E-state index in [0.29, 0.717) is 0 Å². The van der Waals surface area contributed by atoms with E-state index in [9.17, 15) is 0 Å². The summed E-state index contributed by atoms with van der Waals surface area (Å²) in [5, 5.41) is 4.59. The second-order valence-corrected chi connectivity index (χ2v) is 6.92. The van der Waals surface area contributed by atoms with Gasteiger partial charge in [0, 0.05) is 36.2 Å². The van der Waals surface area contributed by atoms with Gasteiger partial charge in [-0.15, -0.1) is 0 Å². The minimum absolute atomic E-state index is 0.819. The summed E-state index contributed by atoms with van der Waals surface area (Å²) in [4.78, 5) is 2.77. The molecule has 3 rings (SSSR count). The lowest BCUT2D eigenvalue weighted by molar-refractivity contribution is 0.247. The summed E-state index contributed by atoms with van der Waals surface area (Å²) in [6.45, 7) is 6.33. The number of hydrogen-bond acceptors (Lipinski definition) is 3. The van der Waals surface area contributed by atoms with Gasteiger partial charge in [-0.25, -0.2) is 0 Å². The van der Waals surface area contributed by atoms with Crippen LogP contribution < -0.4 is 5.32 Å². The Morgan fingerprint density at radius 3 is 3.00 bits per heavy atom. The first-order valence-electron chi connectivity index (χ1n) is 6.42. The SMILES string of the molecule is CC1CC(N2C[C@@H]3CCCN[C@@H]3C2)CS1. The largest absolute Gasteiger partial charge is 0.312 e. The third kappa shape index (κ3) is 2.06. The number of thioether (sulfide) groups is 1. The van der Waals surface area contributed by atoms with Gasteiger partial charge in [-0.05, 0) is 31.7 Å². The van der Waals surface area contributed by atoms with Gasteiger partial charge in [0.1, 0.15) is 0 Å². The fourth-order valence-corrected chi connectivity index (χ4v) is 4.68. The highest BCUT2D eigenvalue weighted by Crippen LogP contribution is 2.34. The predicted octanol–water partition coefficient (Wildman–Crippen LogP) is 1.56. The highest BCUT2D eigenvalue weighted by molar-refractivity contribution is 8.00. The first-order valence-corrected chi connectivity index (χ1v) is 7.47. The second-order valence-electron chi connectivity index (χ2n) is 5.45. The number of likely N-dealkylation sites (tertiary alicyclic amines) is 1. The third-order valence-electron chi connectivity index (χ3n) is 4.32. The van der Waals surface area contributed by atoms with Gasteiger partial charge in [-0.3, -0.25) is 4.90 Å². The van der Waals surface area contributed by atoms with Crippen LogP contribution in [0.5, 0.6) is 0 Å². The molecule has 3 aliphatic heterocycles. The average Bonchev–Trinajstić information content (AvgIpc) is 2.82. The molecule has 0 saturated carbocycles. The Balaban J connectivity index is 1.60. The van der Waals surface area contributed by atoms with Gasteiger partial charge in [0.2, 0.25) is 0 Å². The number of rotatable bonds is 1. The van der Waals surface area contributed by atoms with Crippen molar-refractivity contribution in [1.29, 1.82) is 0 Å². The van der Waals surface area contributed by atoms with E-state index in [1.165, 1.54) is 44.6 Å². The lowest BCUT2D eigenvalue weighted by Gasteiger charge is -2.25. The Kier molecular flexibility index (Phi) is 2.97. The molecule has 0 aromatic carbocycles. The van der Waals surface area contributed by atoms with E-state index in [-0.39, 0.29) is 0 Å². The molecular weight excluding hydrogens is 204 g/mol. The second kappa shape index (κ2) is 4.27. The van der Waals surface area contributed by atoms with Crippen LogP contribution in [-0.2, 0) is 0 Å². The summed E-state index contributed by atoms with van der Waals surface area (Å²) in [6, 6.07) is 1.71. The molecular formula is C12H22N2S. The van der Waals surface area contributed by atoms with Crippen molar-refractivity contribution in [3.8, 4) is 0 Å². The molecule has 0 spiro atoms. The molecule has 1 N–H and O–H groups in total. The van der Waals surface area contributed by atoms with Crippen LogP contribution in [0.2, 0.25) is 0 Å². The van der Waals surface area contributed by atoms with Crippen molar-refractivity contribution in [2.45, 2.75) is 43.5 Å². The Morgan fingerprint density at radius 2 is 2.27 bits per heavy atom. The number of fused-ring (bicyclic) bond motifs is 1. The number of nitrogens with one attached hydrogen (secondary N) is 1. The molecule has 3 saturated heterocycles. The van der Waals surface area contributed by atoms with Crippen LogP contribution >= 0.6 is 11.8 Å². The monoisotopic (exact) mass is 226 g/mol. The Hall–Kier alpha value is 0.270. The smallest absolute Gasteiger partial charge is 0.0235 e. The van der Waals surface area contributed by atoms with Crippen LogP contribution in [0.15, 0.2) is 0 Å². The van der Waals surface area contributed by atoms with Crippen LogP contribution in [0, 0.1) is 5.92 Å². The molecule has 3 heteroatoms. The molecule has 15 heavy (non-hydrogen) atoms. The normalized spacial score (nSPS) is 47.0. The van der Waals surface area contributed by atoms with Crippen molar-refractivity contribution < 1.29 is 0 Å². The van der Waals surface area contributed by atoms with Gasteiger partial charge in [-0.2, -0.15) is 11.8 Å². The molecule has 3 aliphatic rings. The molecule has 0 aromatic rings. The third-order valence-corrected chi connectivity index (χ3v) is 5.66. The van der Waals surface area contributed by atoms with Crippen molar-refractivity contribution in [2.75, 3.05) is 25.4 Å². The lowest BCUT2D eigenvalue weighted by Crippen LogP contribution is -2.41. The summed E-state index contributed by atoms with van der Waals surface area (Å²) < 4.78 is 0. The van der Waals surface area contributed by atoms with Crippen LogP contribution in [0.4, 0.5) is 0 Å². The predicted molar refractivity (Wildman–Crippen MR) is 66.4 cm³/mol. The molecule has 4 atom stereocenters. The maximum atomic E-state index is 3.70. The Bertz CT molecular complexity index is 220. The first kappa shape index (κ1) is 10.4. The maximum Gasteiger partial charge on any atom is 0.0235 e. The van der Waals surface area contributed by atoms with E-state index in [1.807, 2.05) is 0 Å². The van der Waals surface area contributed by atoms with E-state index in [2.05, 4.69) is 28.9 Å². The average molecular weight is 226 g/mol. The number of nitrogens with zero attached hydrogens (tertiary/aromatic N) is 1. The standard InChI is InChI=1S/C12H22N2S/c1-9-5-11(8-15-9)14-6-10-3-2-4-13-12(10)7-14/h9-13H,2-8H2,1H3/t9?,10-,11?,12+/m0/s1. The van der Waals surface area contributed by atoms with Crippen molar-refractivity contribution in [3.05, 3.63) is 0 Å². The molecule has 0 bridgehead atoms. The summed E-state index contributed by atoms with van der Waals surface area (Å²) in [6.07, 6.45) is 4.28. The van der Waals surface area contributed by atoms with Gasteiger partial charge < -0.3 is 5.32 Å². The molecule has 0 amide bonds.